The van der Waals surface area contributed by atoms with Gasteiger partial charge in [-0.3, -0.25) is 0 Å². The molecule has 0 bridgehead atoms. The van der Waals surface area contributed by atoms with E-state index in [0.29, 0.717) is 6.61 Å². The third kappa shape index (κ3) is 8.83. The van der Waals surface area contributed by atoms with Crippen LogP contribution in [0, 0.1) is 0 Å². The van der Waals surface area contributed by atoms with Crippen molar-refractivity contribution in [1.29, 1.82) is 0 Å². The molecule has 3 heteroatoms. The minimum atomic E-state index is 0. The first-order valence-electron chi connectivity index (χ1n) is 1.51. The summed E-state index contributed by atoms with van der Waals surface area (Å²) < 4.78 is 4.44. The van der Waals surface area contributed by atoms with E-state index in [4.69, 9.17) is 5.11 Å². The molecule has 0 spiro atoms. The van der Waals surface area contributed by atoms with Crippen LogP contribution in [0.25, 0.3) is 0 Å². The second kappa shape index (κ2) is 9.06. The Labute approximate surface area is 47.7 Å². The zero-order chi connectivity index (χ0) is 4.12. The molecule has 0 aromatic rings. The van der Waals surface area contributed by atoms with Crippen molar-refractivity contribution in [3.05, 3.63) is 0 Å². The number of hydrogen-bond donors (Lipinski definition) is 1. The molecule has 0 aromatic carbocycles. The predicted molar refractivity (Wildman–Crippen MR) is 19.0 cm³/mol. The minimum absolute atomic E-state index is 0. The van der Waals surface area contributed by atoms with Crippen LogP contribution in [0.15, 0.2) is 0 Å². The molecule has 0 aliphatic rings. The van der Waals surface area contributed by atoms with Crippen LogP contribution in [-0.2, 0) is 21.5 Å². The Morgan fingerprint density at radius 1 is 1.67 bits per heavy atom. The van der Waals surface area contributed by atoms with Crippen molar-refractivity contribution in [3.8, 4) is 0 Å². The molecular weight excluding hydrogens is 127 g/mol. The van der Waals surface area contributed by atoms with Gasteiger partial charge in [0.1, 0.15) is 0 Å². The number of methoxy groups -OCH3 is 1. The molecule has 0 unspecified atom stereocenters. The molecule has 0 saturated heterocycles. The fourth-order valence-corrected chi connectivity index (χ4v) is 0.0913. The van der Waals surface area contributed by atoms with Gasteiger partial charge in [0.2, 0.25) is 0 Å². The summed E-state index contributed by atoms with van der Waals surface area (Å²) in [4.78, 5) is 0. The van der Waals surface area contributed by atoms with Crippen LogP contribution in [-0.4, -0.2) is 25.4 Å². The molecule has 1 radical (unpaired) electrons. The summed E-state index contributed by atoms with van der Waals surface area (Å²) in [5, 5.41) is 7.94. The van der Waals surface area contributed by atoms with Crippen LogP contribution in [0.5, 0.6) is 0 Å². The second-order valence-corrected chi connectivity index (χ2v) is 0.716. The summed E-state index contributed by atoms with van der Waals surface area (Å²) in [5.74, 6) is 0. The molecule has 0 amide bonds. The van der Waals surface area contributed by atoms with Crippen molar-refractivity contribution in [2.45, 2.75) is 0 Å². The average molecular weight is 135 g/mol. The van der Waals surface area contributed by atoms with E-state index in [2.05, 4.69) is 4.74 Å². The molecule has 0 atom stereocenters. The van der Waals surface area contributed by atoms with Gasteiger partial charge in [0, 0.05) is 23.9 Å². The molecule has 0 aliphatic carbocycles. The zero-order valence-corrected chi connectivity index (χ0v) is 4.64. The van der Waals surface area contributed by atoms with E-state index in [0.717, 1.165) is 0 Å². The quantitative estimate of drug-likeness (QED) is 0.559. The van der Waals surface area contributed by atoms with Crippen LogP contribution in [0.2, 0.25) is 0 Å². The molecule has 2 nitrogen and oxygen atoms in total. The first-order valence-corrected chi connectivity index (χ1v) is 1.51. The molecule has 0 rings (SSSR count). The van der Waals surface area contributed by atoms with E-state index in [9.17, 15) is 0 Å². The molecule has 0 saturated carbocycles. The topological polar surface area (TPSA) is 29.5 Å². The van der Waals surface area contributed by atoms with Gasteiger partial charge >= 0.3 is 0 Å². The summed E-state index contributed by atoms with van der Waals surface area (Å²) in [6.45, 7) is 0.566. The number of aliphatic hydroxyl groups is 1. The van der Waals surface area contributed by atoms with E-state index >= 15 is 0 Å². The van der Waals surface area contributed by atoms with Crippen molar-refractivity contribution >= 4 is 0 Å². The van der Waals surface area contributed by atoms with Gasteiger partial charge in [0.05, 0.1) is 13.2 Å². The van der Waals surface area contributed by atoms with E-state index in [1.54, 1.807) is 7.11 Å². The SMILES string of the molecule is COCCO.[Co]. The Balaban J connectivity index is 0. The first-order chi connectivity index (χ1) is 2.41. The third-order valence-electron chi connectivity index (χ3n) is 0.295. The van der Waals surface area contributed by atoms with Gasteiger partial charge in [-0.1, -0.05) is 0 Å². The van der Waals surface area contributed by atoms with Crippen molar-refractivity contribution in [3.63, 3.8) is 0 Å². The third-order valence-corrected chi connectivity index (χ3v) is 0.295. The Kier molecular flexibility index (Phi) is 14.6. The predicted octanol–water partition coefficient (Wildman–Crippen LogP) is -0.377. The molecule has 0 heterocycles. The summed E-state index contributed by atoms with van der Waals surface area (Å²) in [6.07, 6.45) is 0. The molecule has 41 valence electrons. The number of hydrogen-bond acceptors (Lipinski definition) is 2. The Bertz CT molecular complexity index is 16.3. The standard InChI is InChI=1S/C3H8O2.Co/c1-5-3-2-4;/h4H,2-3H2,1H3;. The zero-order valence-electron chi connectivity index (χ0n) is 3.60. The minimum Gasteiger partial charge on any atom is -0.394 e. The molecule has 6 heavy (non-hydrogen) atoms. The Hall–Kier alpha value is 0.426. The van der Waals surface area contributed by atoms with Crippen molar-refractivity contribution in [2.75, 3.05) is 20.3 Å². The maximum Gasteiger partial charge on any atom is 0.0693 e. The van der Waals surface area contributed by atoms with Crippen molar-refractivity contribution < 1.29 is 26.6 Å². The van der Waals surface area contributed by atoms with Gasteiger partial charge in [0.25, 0.3) is 0 Å². The first kappa shape index (κ1) is 9.66. The van der Waals surface area contributed by atoms with Crippen molar-refractivity contribution in [2.24, 2.45) is 0 Å². The van der Waals surface area contributed by atoms with Gasteiger partial charge in [-0.2, -0.15) is 0 Å². The summed E-state index contributed by atoms with van der Waals surface area (Å²) in [6, 6.07) is 0. The smallest absolute Gasteiger partial charge is 0.0693 e. The molecule has 1 N–H and O–H groups in total. The number of aliphatic hydroxyl groups excluding tert-OH is 1. The largest absolute Gasteiger partial charge is 0.394 e. The van der Waals surface area contributed by atoms with Crippen LogP contribution in [0.3, 0.4) is 0 Å². The maximum absolute atomic E-state index is 7.94. The Morgan fingerprint density at radius 2 is 2.17 bits per heavy atom. The molecule has 0 aliphatic heterocycles. The van der Waals surface area contributed by atoms with E-state index < -0.39 is 0 Å². The van der Waals surface area contributed by atoms with Crippen LogP contribution >= 0.6 is 0 Å². The maximum atomic E-state index is 7.94. The summed E-state index contributed by atoms with van der Waals surface area (Å²) in [7, 11) is 1.55. The monoisotopic (exact) mass is 135 g/mol. The Morgan fingerprint density at radius 3 is 2.17 bits per heavy atom. The number of rotatable bonds is 2. The summed E-state index contributed by atoms with van der Waals surface area (Å²) >= 11 is 0. The molecule has 0 fully saturated rings. The summed E-state index contributed by atoms with van der Waals surface area (Å²) in [5.41, 5.74) is 0. The van der Waals surface area contributed by atoms with Gasteiger partial charge in [0.15, 0.2) is 0 Å². The van der Waals surface area contributed by atoms with Gasteiger partial charge in [-0.15, -0.1) is 0 Å². The van der Waals surface area contributed by atoms with Crippen LogP contribution in [0.1, 0.15) is 0 Å². The van der Waals surface area contributed by atoms with Crippen LogP contribution < -0.4 is 0 Å². The molecular formula is C3H8CoO2. The second-order valence-electron chi connectivity index (χ2n) is 0.716. The van der Waals surface area contributed by atoms with E-state index in [-0.39, 0.29) is 23.4 Å². The van der Waals surface area contributed by atoms with Crippen LogP contribution in [0.4, 0.5) is 0 Å². The van der Waals surface area contributed by atoms with Gasteiger partial charge < -0.3 is 9.84 Å². The number of ether oxygens (including phenoxy) is 1. The average Bonchev–Trinajstić information content (AvgIpc) is 1.41. The molecule has 0 aromatic heterocycles. The normalized spacial score (nSPS) is 7.00. The fourth-order valence-electron chi connectivity index (χ4n) is 0.0913. The van der Waals surface area contributed by atoms with Crippen molar-refractivity contribution in [1.82, 2.24) is 0 Å². The van der Waals surface area contributed by atoms with Gasteiger partial charge in [-0.25, -0.2) is 0 Å². The fraction of sp³-hybridized carbons (Fsp3) is 1.00. The van der Waals surface area contributed by atoms with E-state index in [1.165, 1.54) is 0 Å². The van der Waals surface area contributed by atoms with Gasteiger partial charge in [-0.05, 0) is 0 Å². The van der Waals surface area contributed by atoms with E-state index in [1.807, 2.05) is 0 Å².